The van der Waals surface area contributed by atoms with E-state index in [9.17, 15) is 14.7 Å². The molecule has 2 amide bonds. The lowest BCUT2D eigenvalue weighted by molar-refractivity contribution is -0.130. The van der Waals surface area contributed by atoms with Crippen LogP contribution in [0.1, 0.15) is 58.4 Å². The van der Waals surface area contributed by atoms with Crippen molar-refractivity contribution in [2.75, 3.05) is 0 Å². The maximum absolute atomic E-state index is 12.4. The van der Waals surface area contributed by atoms with Crippen LogP contribution in [0.3, 0.4) is 0 Å². The van der Waals surface area contributed by atoms with Crippen molar-refractivity contribution in [3.05, 3.63) is 35.9 Å². The van der Waals surface area contributed by atoms with Crippen LogP contribution in [-0.2, 0) is 15.2 Å². The third-order valence-electron chi connectivity index (χ3n) is 4.74. The average Bonchev–Trinajstić information content (AvgIpc) is 2.54. The van der Waals surface area contributed by atoms with Crippen molar-refractivity contribution in [2.45, 2.75) is 70.6 Å². The molecule has 0 heterocycles. The molecule has 138 valence electrons. The van der Waals surface area contributed by atoms with Gasteiger partial charge in [0.05, 0.1) is 12.0 Å². The molecule has 5 nitrogen and oxygen atoms in total. The molecule has 1 aliphatic rings. The van der Waals surface area contributed by atoms with Crippen LogP contribution >= 0.6 is 0 Å². The lowest BCUT2D eigenvalue weighted by atomic mass is 9.84. The lowest BCUT2D eigenvalue weighted by Crippen LogP contribution is -2.45. The summed E-state index contributed by atoms with van der Waals surface area (Å²) in [6.45, 7) is 5.55. The molecule has 5 heteroatoms. The molecule has 0 aliphatic heterocycles. The van der Waals surface area contributed by atoms with Gasteiger partial charge in [0.15, 0.2) is 0 Å². The number of hydrogen-bond donors (Lipinski definition) is 3. The zero-order valence-electron chi connectivity index (χ0n) is 15.4. The summed E-state index contributed by atoms with van der Waals surface area (Å²) in [6.07, 6.45) is 3.35. The molecule has 1 aliphatic carbocycles. The molecule has 0 radical (unpaired) electrons. The number of nitrogens with one attached hydrogen (secondary N) is 2. The zero-order valence-corrected chi connectivity index (χ0v) is 15.4. The lowest BCUT2D eigenvalue weighted by Gasteiger charge is -2.31. The second-order valence-electron chi connectivity index (χ2n) is 7.61. The van der Waals surface area contributed by atoms with Crippen LogP contribution in [0.15, 0.2) is 30.3 Å². The number of carbonyl (C=O) groups is 2. The van der Waals surface area contributed by atoms with Crippen molar-refractivity contribution in [3.63, 3.8) is 0 Å². The van der Waals surface area contributed by atoms with E-state index in [1.807, 2.05) is 44.2 Å². The molecule has 1 saturated carbocycles. The Balaban J connectivity index is 1.88. The third-order valence-corrected chi connectivity index (χ3v) is 4.74. The summed E-state index contributed by atoms with van der Waals surface area (Å²) in [5.41, 5.74) is -0.475. The van der Waals surface area contributed by atoms with E-state index in [4.69, 9.17) is 0 Å². The van der Waals surface area contributed by atoms with Crippen molar-refractivity contribution in [3.8, 4) is 0 Å². The summed E-state index contributed by atoms with van der Waals surface area (Å²) in [6, 6.07) is 9.34. The molecule has 25 heavy (non-hydrogen) atoms. The number of aliphatic hydroxyl groups is 1. The first-order valence-electron chi connectivity index (χ1n) is 9.15. The number of amides is 2. The van der Waals surface area contributed by atoms with Crippen LogP contribution in [0.25, 0.3) is 0 Å². The van der Waals surface area contributed by atoms with Gasteiger partial charge in [0.2, 0.25) is 11.8 Å². The fourth-order valence-electron chi connectivity index (χ4n) is 3.45. The molecule has 1 aromatic rings. The van der Waals surface area contributed by atoms with E-state index in [2.05, 4.69) is 10.6 Å². The number of benzene rings is 1. The van der Waals surface area contributed by atoms with Gasteiger partial charge in [-0.2, -0.15) is 0 Å². The summed E-state index contributed by atoms with van der Waals surface area (Å²) < 4.78 is 0. The van der Waals surface area contributed by atoms with Gasteiger partial charge in [-0.15, -0.1) is 0 Å². The molecule has 1 aromatic carbocycles. The summed E-state index contributed by atoms with van der Waals surface area (Å²) >= 11 is 0. The van der Waals surface area contributed by atoms with Crippen molar-refractivity contribution in [1.29, 1.82) is 0 Å². The van der Waals surface area contributed by atoms with Gasteiger partial charge in [0, 0.05) is 18.0 Å². The summed E-state index contributed by atoms with van der Waals surface area (Å²) in [7, 11) is 0. The predicted octanol–water partition coefficient (Wildman–Crippen LogP) is 2.48. The number of hydrogen-bond acceptors (Lipinski definition) is 3. The maximum atomic E-state index is 12.4. The fourth-order valence-corrected chi connectivity index (χ4v) is 3.45. The van der Waals surface area contributed by atoms with Gasteiger partial charge in [-0.3, -0.25) is 9.59 Å². The topological polar surface area (TPSA) is 78.4 Å². The smallest absolute Gasteiger partial charge is 0.223 e. The first kappa shape index (κ1) is 19.4. The first-order chi connectivity index (χ1) is 11.8. The monoisotopic (exact) mass is 346 g/mol. The quantitative estimate of drug-likeness (QED) is 0.740. The Labute approximate surface area is 150 Å². The van der Waals surface area contributed by atoms with Gasteiger partial charge in [0.25, 0.3) is 0 Å². The molecule has 0 aromatic heterocycles. The molecule has 2 rings (SSSR count). The molecule has 3 unspecified atom stereocenters. The van der Waals surface area contributed by atoms with Crippen LogP contribution in [0, 0.1) is 5.92 Å². The fraction of sp³-hybridized carbons (Fsp3) is 0.600. The highest BCUT2D eigenvalue weighted by Gasteiger charge is 2.31. The Kier molecular flexibility index (Phi) is 6.59. The minimum atomic E-state index is -1.20. The van der Waals surface area contributed by atoms with Gasteiger partial charge < -0.3 is 15.7 Å². The molecule has 0 bridgehead atoms. The van der Waals surface area contributed by atoms with E-state index in [1.165, 1.54) is 0 Å². The first-order valence-corrected chi connectivity index (χ1v) is 9.15. The predicted molar refractivity (Wildman–Crippen MR) is 97.8 cm³/mol. The zero-order chi connectivity index (χ0) is 18.4. The highest BCUT2D eigenvalue weighted by Crippen LogP contribution is 2.27. The Morgan fingerprint density at radius 3 is 2.56 bits per heavy atom. The van der Waals surface area contributed by atoms with E-state index in [1.54, 1.807) is 6.92 Å². The molecule has 3 N–H and O–H groups in total. The Bertz CT molecular complexity index is 584. The Morgan fingerprint density at radius 2 is 1.92 bits per heavy atom. The van der Waals surface area contributed by atoms with Crippen molar-refractivity contribution in [2.24, 2.45) is 5.92 Å². The normalized spacial score (nSPS) is 22.9. The molecular formula is C20H30N2O3. The van der Waals surface area contributed by atoms with Crippen molar-refractivity contribution >= 4 is 11.8 Å². The summed E-state index contributed by atoms with van der Waals surface area (Å²) in [5.74, 6) is -0.148. The van der Waals surface area contributed by atoms with E-state index in [-0.39, 0.29) is 36.2 Å². The van der Waals surface area contributed by atoms with Gasteiger partial charge >= 0.3 is 0 Å². The summed E-state index contributed by atoms with van der Waals surface area (Å²) in [5, 5.41) is 16.6. The number of rotatable bonds is 6. The average molecular weight is 346 g/mol. The van der Waals surface area contributed by atoms with Crippen LogP contribution in [0.2, 0.25) is 0 Å². The highest BCUT2D eigenvalue weighted by atomic mass is 16.3. The summed E-state index contributed by atoms with van der Waals surface area (Å²) in [4.78, 5) is 24.6. The molecule has 0 saturated heterocycles. The van der Waals surface area contributed by atoms with Gasteiger partial charge in [0.1, 0.15) is 0 Å². The maximum Gasteiger partial charge on any atom is 0.223 e. The van der Waals surface area contributed by atoms with Crippen LogP contribution < -0.4 is 10.6 Å². The third kappa shape index (κ3) is 5.85. The molecule has 3 atom stereocenters. The van der Waals surface area contributed by atoms with Gasteiger partial charge in [-0.25, -0.2) is 0 Å². The minimum Gasteiger partial charge on any atom is -0.385 e. The highest BCUT2D eigenvalue weighted by molar-refractivity contribution is 5.80. The van der Waals surface area contributed by atoms with E-state index in [0.717, 1.165) is 24.8 Å². The van der Waals surface area contributed by atoms with E-state index < -0.39 is 5.60 Å². The van der Waals surface area contributed by atoms with Crippen LogP contribution in [0.4, 0.5) is 0 Å². The molecular weight excluding hydrogens is 316 g/mol. The molecule has 0 spiro atoms. The Hall–Kier alpha value is -1.88. The van der Waals surface area contributed by atoms with Gasteiger partial charge in [-0.05, 0) is 45.6 Å². The minimum absolute atomic E-state index is 0.00395. The Morgan fingerprint density at radius 1 is 1.24 bits per heavy atom. The van der Waals surface area contributed by atoms with Crippen LogP contribution in [0.5, 0.6) is 0 Å². The van der Waals surface area contributed by atoms with Crippen LogP contribution in [-0.4, -0.2) is 29.0 Å². The second-order valence-corrected chi connectivity index (χ2v) is 7.61. The standard InChI is InChI=1S/C20H30N2O3/c1-14(2)21-19(24)15-8-7-11-17(12-15)22-18(23)13-20(3,25)16-9-5-4-6-10-16/h4-6,9-10,14-15,17,25H,7-8,11-13H2,1-3H3,(H,21,24)(H,22,23). The number of carbonyl (C=O) groups excluding carboxylic acids is 2. The SMILES string of the molecule is CC(C)NC(=O)C1CCCC(NC(=O)CC(C)(O)c2ccccc2)C1. The van der Waals surface area contributed by atoms with Crippen molar-refractivity contribution in [1.82, 2.24) is 10.6 Å². The molecule has 1 fully saturated rings. The largest absolute Gasteiger partial charge is 0.385 e. The van der Waals surface area contributed by atoms with E-state index in [0.29, 0.717) is 6.42 Å². The van der Waals surface area contributed by atoms with Gasteiger partial charge in [-0.1, -0.05) is 36.8 Å². The van der Waals surface area contributed by atoms with E-state index >= 15 is 0 Å². The van der Waals surface area contributed by atoms with Crippen molar-refractivity contribution < 1.29 is 14.7 Å². The second kappa shape index (κ2) is 8.48.